The lowest BCUT2D eigenvalue weighted by Crippen LogP contribution is -2.56. The zero-order valence-electron chi connectivity index (χ0n) is 20.0. The van der Waals surface area contributed by atoms with Crippen LogP contribution >= 0.6 is 11.3 Å². The van der Waals surface area contributed by atoms with Crippen LogP contribution < -0.4 is 10.1 Å². The Morgan fingerprint density at radius 1 is 1.26 bits per heavy atom. The summed E-state index contributed by atoms with van der Waals surface area (Å²) in [6.07, 6.45) is 2.08. The molecule has 1 aromatic carbocycles. The first-order chi connectivity index (χ1) is 16.0. The molecule has 0 aliphatic heterocycles. The summed E-state index contributed by atoms with van der Waals surface area (Å²) in [6.45, 7) is 9.20. The Labute approximate surface area is 202 Å². The minimum atomic E-state index is -1.16. The van der Waals surface area contributed by atoms with Crippen LogP contribution in [0.4, 0.5) is 10.5 Å². The molecule has 0 aliphatic carbocycles. The topological polar surface area (TPSA) is 131 Å². The van der Waals surface area contributed by atoms with Gasteiger partial charge in [0.2, 0.25) is 5.91 Å². The van der Waals surface area contributed by atoms with Crippen LogP contribution in [0.15, 0.2) is 34.7 Å². The molecule has 1 atom stereocenters. The van der Waals surface area contributed by atoms with Gasteiger partial charge in [0.05, 0.1) is 24.6 Å². The van der Waals surface area contributed by atoms with Crippen LogP contribution in [0.25, 0.3) is 21.9 Å². The zero-order valence-corrected chi connectivity index (χ0v) is 20.8. The fourth-order valence-electron chi connectivity index (χ4n) is 3.74. The SMILES string of the molecule is COc1cc(NC(=O)C(CC(C)C)N(C(=O)O)C(C)(C)C)c(-c2nncs2)cc1-c1cnco1. The molecule has 2 heterocycles. The Kier molecular flexibility index (Phi) is 7.55. The maximum Gasteiger partial charge on any atom is 0.408 e. The summed E-state index contributed by atoms with van der Waals surface area (Å²) < 4.78 is 11.0. The van der Waals surface area contributed by atoms with Crippen LogP contribution in [0.2, 0.25) is 0 Å². The van der Waals surface area contributed by atoms with E-state index in [1.165, 1.54) is 29.7 Å². The zero-order chi connectivity index (χ0) is 25.0. The maximum absolute atomic E-state index is 13.6. The summed E-state index contributed by atoms with van der Waals surface area (Å²) in [5.41, 5.74) is 2.47. The number of nitrogens with zero attached hydrogens (tertiary/aromatic N) is 4. The molecular weight excluding hydrogens is 458 g/mol. The molecule has 2 amide bonds. The largest absolute Gasteiger partial charge is 0.496 e. The maximum atomic E-state index is 13.6. The second-order valence-corrected chi connectivity index (χ2v) is 10.00. The molecule has 3 aromatic rings. The summed E-state index contributed by atoms with van der Waals surface area (Å²) in [7, 11) is 1.51. The van der Waals surface area contributed by atoms with Gasteiger partial charge >= 0.3 is 6.09 Å². The number of aromatic nitrogens is 3. The second kappa shape index (κ2) is 10.2. The monoisotopic (exact) mass is 487 g/mol. The minimum absolute atomic E-state index is 0.0888. The molecule has 1 unspecified atom stereocenters. The summed E-state index contributed by atoms with van der Waals surface area (Å²) in [6, 6.07) is 2.55. The molecule has 34 heavy (non-hydrogen) atoms. The molecule has 2 N–H and O–H groups in total. The van der Waals surface area contributed by atoms with Crippen LogP contribution in [0, 0.1) is 5.92 Å². The van der Waals surface area contributed by atoms with Crippen molar-refractivity contribution in [2.75, 3.05) is 12.4 Å². The lowest BCUT2D eigenvalue weighted by atomic mass is 9.96. The number of methoxy groups -OCH3 is 1. The van der Waals surface area contributed by atoms with Gasteiger partial charge in [0.15, 0.2) is 12.2 Å². The number of nitrogens with one attached hydrogen (secondary N) is 1. The Bertz CT molecular complexity index is 1120. The van der Waals surface area contributed by atoms with E-state index in [1.807, 2.05) is 13.8 Å². The normalized spacial score (nSPS) is 12.4. The molecule has 10 nitrogen and oxygen atoms in total. The molecule has 2 aromatic heterocycles. The van der Waals surface area contributed by atoms with Gasteiger partial charge in [0.25, 0.3) is 0 Å². The summed E-state index contributed by atoms with van der Waals surface area (Å²) in [5, 5.41) is 21.5. The predicted octanol–water partition coefficient (Wildman–Crippen LogP) is 5.00. The molecule has 0 bridgehead atoms. The van der Waals surface area contributed by atoms with Gasteiger partial charge in [-0.1, -0.05) is 25.2 Å². The Morgan fingerprint density at radius 2 is 2.00 bits per heavy atom. The number of oxazole rings is 1. The van der Waals surface area contributed by atoms with E-state index in [9.17, 15) is 14.7 Å². The number of ether oxygens (including phenoxy) is 1. The summed E-state index contributed by atoms with van der Waals surface area (Å²) in [5.74, 6) is 0.590. The van der Waals surface area contributed by atoms with E-state index in [1.54, 1.807) is 44.6 Å². The number of anilines is 1. The first-order valence-electron chi connectivity index (χ1n) is 10.7. The second-order valence-electron chi connectivity index (χ2n) is 9.17. The average Bonchev–Trinajstić information content (AvgIpc) is 3.45. The van der Waals surface area contributed by atoms with E-state index in [0.717, 1.165) is 0 Å². The van der Waals surface area contributed by atoms with Gasteiger partial charge in [0, 0.05) is 17.2 Å². The third-order valence-corrected chi connectivity index (χ3v) is 5.85. The number of amides is 2. The number of carboxylic acid groups (broad SMARTS) is 1. The van der Waals surface area contributed by atoms with Crippen LogP contribution in [0.3, 0.4) is 0 Å². The fourth-order valence-corrected chi connectivity index (χ4v) is 4.33. The molecule has 0 saturated carbocycles. The summed E-state index contributed by atoms with van der Waals surface area (Å²) >= 11 is 1.31. The van der Waals surface area contributed by atoms with Gasteiger partial charge in [0.1, 0.15) is 22.3 Å². The van der Waals surface area contributed by atoms with Crippen molar-refractivity contribution in [2.45, 2.75) is 52.6 Å². The van der Waals surface area contributed by atoms with Gasteiger partial charge in [-0.2, -0.15) is 0 Å². The van der Waals surface area contributed by atoms with Gasteiger partial charge in [-0.25, -0.2) is 9.78 Å². The van der Waals surface area contributed by atoms with Crippen molar-refractivity contribution < 1.29 is 23.8 Å². The quantitative estimate of drug-likeness (QED) is 0.454. The van der Waals surface area contributed by atoms with E-state index in [-0.39, 0.29) is 5.92 Å². The van der Waals surface area contributed by atoms with Crippen molar-refractivity contribution in [2.24, 2.45) is 5.92 Å². The van der Waals surface area contributed by atoms with Crippen LogP contribution in [-0.2, 0) is 4.79 Å². The van der Waals surface area contributed by atoms with Crippen molar-refractivity contribution >= 4 is 29.0 Å². The van der Waals surface area contributed by atoms with Gasteiger partial charge in [-0.05, 0) is 39.2 Å². The van der Waals surface area contributed by atoms with Crippen LogP contribution in [0.5, 0.6) is 5.75 Å². The van der Waals surface area contributed by atoms with Crippen molar-refractivity contribution in [3.63, 3.8) is 0 Å². The fraction of sp³-hybridized carbons (Fsp3) is 0.435. The minimum Gasteiger partial charge on any atom is -0.496 e. The Hall–Kier alpha value is -3.47. The van der Waals surface area contributed by atoms with Crippen molar-refractivity contribution in [1.29, 1.82) is 0 Å². The van der Waals surface area contributed by atoms with Gasteiger partial charge in [-0.3, -0.25) is 9.69 Å². The number of carbonyl (C=O) groups is 2. The lowest BCUT2D eigenvalue weighted by molar-refractivity contribution is -0.123. The highest BCUT2D eigenvalue weighted by Crippen LogP contribution is 2.40. The molecule has 3 rings (SSSR count). The highest BCUT2D eigenvalue weighted by Gasteiger charge is 2.38. The lowest BCUT2D eigenvalue weighted by Gasteiger charge is -2.39. The smallest absolute Gasteiger partial charge is 0.408 e. The van der Waals surface area contributed by atoms with Gasteiger partial charge in [-0.15, -0.1) is 10.2 Å². The van der Waals surface area contributed by atoms with E-state index in [0.29, 0.717) is 39.8 Å². The summed E-state index contributed by atoms with van der Waals surface area (Å²) in [4.78, 5) is 30.9. The van der Waals surface area contributed by atoms with E-state index in [2.05, 4.69) is 20.5 Å². The van der Waals surface area contributed by atoms with Crippen molar-refractivity contribution in [3.8, 4) is 27.6 Å². The molecule has 0 spiro atoms. The third kappa shape index (κ3) is 5.53. The first-order valence-corrected chi connectivity index (χ1v) is 11.6. The van der Waals surface area contributed by atoms with E-state index in [4.69, 9.17) is 9.15 Å². The number of carbonyl (C=O) groups excluding carboxylic acids is 1. The molecule has 0 fully saturated rings. The molecular formula is C23H29N5O5S. The van der Waals surface area contributed by atoms with Crippen LogP contribution in [0.1, 0.15) is 41.0 Å². The molecule has 0 radical (unpaired) electrons. The Morgan fingerprint density at radius 3 is 2.50 bits per heavy atom. The van der Waals surface area contributed by atoms with E-state index < -0.39 is 23.6 Å². The average molecular weight is 488 g/mol. The first kappa shape index (κ1) is 25.2. The van der Waals surface area contributed by atoms with Crippen LogP contribution in [-0.4, -0.2) is 55.9 Å². The van der Waals surface area contributed by atoms with Crippen molar-refractivity contribution in [3.05, 3.63) is 30.2 Å². The Balaban J connectivity index is 2.09. The number of hydrogen-bond acceptors (Lipinski definition) is 8. The highest BCUT2D eigenvalue weighted by atomic mass is 32.1. The number of rotatable bonds is 8. The highest BCUT2D eigenvalue weighted by molar-refractivity contribution is 7.12. The molecule has 0 saturated heterocycles. The molecule has 11 heteroatoms. The standard InChI is InChI=1S/C23H29N5O5S/c1-13(2)7-17(28(22(30)31)23(3,4)5)20(29)26-16-9-18(32-6)15(19-10-24-11-33-19)8-14(16)21-27-25-12-34-21/h8-13,17H,7H2,1-6H3,(H,26,29)(H,30,31). The molecule has 182 valence electrons. The van der Waals surface area contributed by atoms with Gasteiger partial charge < -0.3 is 19.6 Å². The third-order valence-electron chi connectivity index (χ3n) is 5.12. The predicted molar refractivity (Wildman–Crippen MR) is 129 cm³/mol. The number of benzene rings is 1. The molecule has 0 aliphatic rings. The van der Waals surface area contributed by atoms with E-state index >= 15 is 0 Å². The van der Waals surface area contributed by atoms with Crippen molar-refractivity contribution in [1.82, 2.24) is 20.1 Å². The number of hydrogen-bond donors (Lipinski definition) is 2.